The number of amides is 2. The standard InChI is InChI=1S/C28H34N2O12/c1-38-19-10-16-18(11-20(19)39-2)30(26(36)17-4-3-9-29(17)25(16)35)28(37)40-13-14-5-7-15(8-6-14)41-27-24(34)23(33)22(32)21(12-31)42-27/h5-8,10-11,17,21-24,26-27,31-34,36H,3-4,9,12-13H2,1-2H3/t17-,21?,22-,23-,24+,26?,27+/m0/s1. The number of aliphatic hydroxyl groups is 5. The number of anilines is 1. The molecule has 2 fully saturated rings. The van der Waals surface area contributed by atoms with Crippen molar-refractivity contribution in [1.29, 1.82) is 0 Å². The maximum Gasteiger partial charge on any atom is 0.416 e. The monoisotopic (exact) mass is 590 g/mol. The zero-order valence-corrected chi connectivity index (χ0v) is 23.0. The highest BCUT2D eigenvalue weighted by Gasteiger charge is 2.46. The molecule has 2 amide bonds. The Morgan fingerprint density at radius 1 is 1.00 bits per heavy atom. The third-order valence-electron chi connectivity index (χ3n) is 7.74. The van der Waals surface area contributed by atoms with Crippen molar-refractivity contribution in [3.05, 3.63) is 47.5 Å². The lowest BCUT2D eigenvalue weighted by Crippen LogP contribution is -2.60. The number of hydrogen-bond acceptors (Lipinski definition) is 12. The van der Waals surface area contributed by atoms with Crippen molar-refractivity contribution >= 4 is 17.7 Å². The molecule has 0 radical (unpaired) electrons. The van der Waals surface area contributed by atoms with Crippen LogP contribution in [0, 0.1) is 0 Å². The van der Waals surface area contributed by atoms with Gasteiger partial charge in [-0.1, -0.05) is 12.1 Å². The SMILES string of the molecule is COc1cc2c(cc1OC)N(C(=O)OCc1ccc(O[C@@H]3OC(CO)[C@H](O)[C@H](O)[C@H]3O)cc1)C(O)[C@@H]1CCCN1C2=O. The number of nitrogens with zero attached hydrogens (tertiary/aromatic N) is 2. The van der Waals surface area contributed by atoms with Crippen LogP contribution >= 0.6 is 0 Å². The second kappa shape index (κ2) is 12.3. The molecule has 3 heterocycles. The van der Waals surface area contributed by atoms with Gasteiger partial charge >= 0.3 is 6.09 Å². The smallest absolute Gasteiger partial charge is 0.416 e. The molecule has 14 heteroatoms. The van der Waals surface area contributed by atoms with Crippen LogP contribution in [0.5, 0.6) is 17.2 Å². The van der Waals surface area contributed by atoms with Crippen molar-refractivity contribution in [2.75, 3.05) is 32.3 Å². The maximum atomic E-state index is 13.4. The van der Waals surface area contributed by atoms with E-state index in [2.05, 4.69) is 0 Å². The molecule has 2 unspecified atom stereocenters. The lowest BCUT2D eigenvalue weighted by molar-refractivity contribution is -0.277. The molecule has 0 aromatic heterocycles. The van der Waals surface area contributed by atoms with Gasteiger partial charge in [-0.2, -0.15) is 0 Å². The van der Waals surface area contributed by atoms with E-state index in [1.807, 2.05) is 0 Å². The Labute approximate surface area is 241 Å². The molecule has 0 spiro atoms. The average Bonchev–Trinajstić information content (AvgIpc) is 3.48. The predicted molar refractivity (Wildman–Crippen MR) is 143 cm³/mol. The molecule has 5 rings (SSSR count). The van der Waals surface area contributed by atoms with Crippen LogP contribution in [0.2, 0.25) is 0 Å². The zero-order valence-electron chi connectivity index (χ0n) is 23.0. The Kier molecular flexibility index (Phi) is 8.73. The van der Waals surface area contributed by atoms with Crippen LogP contribution in [0.4, 0.5) is 10.5 Å². The number of carbonyl (C=O) groups is 2. The molecule has 7 atom stereocenters. The van der Waals surface area contributed by atoms with Gasteiger partial charge in [0.05, 0.1) is 38.1 Å². The predicted octanol–water partition coefficient (Wildman–Crippen LogP) is -0.0377. The number of carbonyl (C=O) groups excluding carboxylic acids is 2. The van der Waals surface area contributed by atoms with Crippen molar-refractivity contribution in [3.8, 4) is 17.2 Å². The van der Waals surface area contributed by atoms with Gasteiger partial charge in [-0.3, -0.25) is 4.79 Å². The van der Waals surface area contributed by atoms with E-state index >= 15 is 0 Å². The second-order valence-corrected chi connectivity index (χ2v) is 10.2. The molecule has 0 bridgehead atoms. The van der Waals surface area contributed by atoms with Gasteiger partial charge < -0.3 is 54.1 Å². The number of hydrogen-bond donors (Lipinski definition) is 5. The van der Waals surface area contributed by atoms with E-state index in [0.29, 0.717) is 30.7 Å². The molecule has 5 N–H and O–H groups in total. The number of ether oxygens (including phenoxy) is 5. The molecule has 42 heavy (non-hydrogen) atoms. The van der Waals surface area contributed by atoms with Gasteiger partial charge in [-0.25, -0.2) is 9.69 Å². The Morgan fingerprint density at radius 2 is 1.69 bits per heavy atom. The third-order valence-corrected chi connectivity index (χ3v) is 7.74. The van der Waals surface area contributed by atoms with Crippen molar-refractivity contribution in [1.82, 2.24) is 4.90 Å². The van der Waals surface area contributed by atoms with E-state index in [9.17, 15) is 35.1 Å². The fraction of sp³-hybridized carbons (Fsp3) is 0.500. The highest BCUT2D eigenvalue weighted by atomic mass is 16.7. The number of fused-ring (bicyclic) bond motifs is 2. The summed E-state index contributed by atoms with van der Waals surface area (Å²) < 4.78 is 27.2. The lowest BCUT2D eigenvalue weighted by Gasteiger charge is -2.39. The van der Waals surface area contributed by atoms with Crippen molar-refractivity contribution in [2.24, 2.45) is 0 Å². The number of aliphatic hydroxyl groups excluding tert-OH is 5. The molecule has 0 saturated carbocycles. The Hall–Kier alpha value is -3.66. The molecule has 0 aliphatic carbocycles. The fourth-order valence-electron chi connectivity index (χ4n) is 5.45. The first-order chi connectivity index (χ1) is 20.2. The molecule has 3 aliphatic heterocycles. The summed E-state index contributed by atoms with van der Waals surface area (Å²) in [7, 11) is 2.86. The van der Waals surface area contributed by atoms with Crippen LogP contribution in [0.25, 0.3) is 0 Å². The number of rotatable bonds is 7. The van der Waals surface area contributed by atoms with Gasteiger partial charge in [0, 0.05) is 12.6 Å². The van der Waals surface area contributed by atoms with E-state index in [0.717, 1.165) is 4.90 Å². The summed E-state index contributed by atoms with van der Waals surface area (Å²) >= 11 is 0. The molecule has 2 aromatic rings. The van der Waals surface area contributed by atoms with E-state index in [4.69, 9.17) is 23.7 Å². The maximum absolute atomic E-state index is 13.4. The van der Waals surface area contributed by atoms with Crippen molar-refractivity contribution < 1.29 is 58.8 Å². The zero-order chi connectivity index (χ0) is 30.1. The molecular weight excluding hydrogens is 556 g/mol. The summed E-state index contributed by atoms with van der Waals surface area (Å²) in [4.78, 5) is 29.5. The minimum Gasteiger partial charge on any atom is -0.493 e. The van der Waals surface area contributed by atoms with Gasteiger partial charge in [0.15, 0.2) is 17.7 Å². The highest BCUT2D eigenvalue weighted by Crippen LogP contribution is 2.41. The van der Waals surface area contributed by atoms with Crippen LogP contribution in [-0.2, 0) is 16.1 Å². The molecular formula is C28H34N2O12. The summed E-state index contributed by atoms with van der Waals surface area (Å²) in [5.74, 6) is 0.479. The summed E-state index contributed by atoms with van der Waals surface area (Å²) in [5.41, 5.74) is 0.857. The molecule has 3 aliphatic rings. The quantitative estimate of drug-likeness (QED) is 0.290. The highest BCUT2D eigenvalue weighted by molar-refractivity contribution is 6.06. The van der Waals surface area contributed by atoms with Gasteiger partial charge in [-0.05, 0) is 36.6 Å². The average molecular weight is 591 g/mol. The summed E-state index contributed by atoms with van der Waals surface area (Å²) in [6.45, 7) is -0.333. The van der Waals surface area contributed by atoms with E-state index in [-0.39, 0.29) is 35.3 Å². The van der Waals surface area contributed by atoms with Crippen molar-refractivity contribution in [2.45, 2.75) is 62.4 Å². The molecule has 2 saturated heterocycles. The molecule has 228 valence electrons. The first kappa shape index (κ1) is 29.8. The minimum absolute atomic E-state index is 0.132. The van der Waals surface area contributed by atoms with Crippen LogP contribution in [0.3, 0.4) is 0 Å². The van der Waals surface area contributed by atoms with Gasteiger partial charge in [-0.15, -0.1) is 0 Å². The van der Waals surface area contributed by atoms with Gasteiger partial charge in [0.1, 0.15) is 36.8 Å². The molecule has 2 aromatic carbocycles. The van der Waals surface area contributed by atoms with Crippen LogP contribution in [0.15, 0.2) is 36.4 Å². The summed E-state index contributed by atoms with van der Waals surface area (Å²) in [6.07, 6.45) is -8.15. The first-order valence-corrected chi connectivity index (χ1v) is 13.5. The summed E-state index contributed by atoms with van der Waals surface area (Å²) in [6, 6.07) is 8.56. The largest absolute Gasteiger partial charge is 0.493 e. The Morgan fingerprint density at radius 3 is 2.36 bits per heavy atom. The van der Waals surface area contributed by atoms with Gasteiger partial charge in [0.25, 0.3) is 5.91 Å². The van der Waals surface area contributed by atoms with E-state index in [1.54, 1.807) is 17.0 Å². The van der Waals surface area contributed by atoms with E-state index < -0.39 is 55.7 Å². The van der Waals surface area contributed by atoms with Crippen molar-refractivity contribution in [3.63, 3.8) is 0 Å². The van der Waals surface area contributed by atoms with Crippen LogP contribution < -0.4 is 19.1 Å². The number of benzene rings is 2. The summed E-state index contributed by atoms with van der Waals surface area (Å²) in [5, 5.41) is 50.7. The third kappa shape index (κ3) is 5.44. The first-order valence-electron chi connectivity index (χ1n) is 13.5. The fourth-order valence-corrected chi connectivity index (χ4v) is 5.45. The second-order valence-electron chi connectivity index (χ2n) is 10.2. The lowest BCUT2D eigenvalue weighted by atomic mass is 9.99. The Bertz CT molecular complexity index is 1290. The van der Waals surface area contributed by atoms with Crippen LogP contribution in [-0.4, -0.2) is 113 Å². The minimum atomic E-state index is -1.58. The molecule has 14 nitrogen and oxygen atoms in total. The topological polar surface area (TPSA) is 188 Å². The van der Waals surface area contributed by atoms with Crippen LogP contribution in [0.1, 0.15) is 28.8 Å². The van der Waals surface area contributed by atoms with E-state index in [1.165, 1.54) is 38.5 Å². The number of methoxy groups -OCH3 is 2. The van der Waals surface area contributed by atoms with Gasteiger partial charge in [0.2, 0.25) is 6.29 Å². The Balaban J connectivity index is 1.31. The normalized spacial score (nSPS) is 28.9.